The predicted octanol–water partition coefficient (Wildman–Crippen LogP) is 2.12. The van der Waals surface area contributed by atoms with Crippen LogP contribution in [0.2, 0.25) is 0 Å². The number of fused-ring (bicyclic) bond motifs is 1. The van der Waals surface area contributed by atoms with Crippen molar-refractivity contribution >= 4 is 33.2 Å². The average Bonchev–Trinajstić information content (AvgIpc) is 3.12. The third-order valence-electron chi connectivity index (χ3n) is 4.95. The Morgan fingerprint density at radius 2 is 1.88 bits per heavy atom. The fourth-order valence-corrected chi connectivity index (χ4v) is 5.13. The minimum absolute atomic E-state index is 0.0329. The highest BCUT2D eigenvalue weighted by Gasteiger charge is 2.32. The zero-order valence-corrected chi connectivity index (χ0v) is 19.2. The molecule has 0 saturated heterocycles. The number of nitrogens with zero attached hydrogens (tertiary/aromatic N) is 2. The van der Waals surface area contributed by atoms with E-state index in [1.807, 2.05) is 44.2 Å². The molecule has 0 fully saturated rings. The topological polar surface area (TPSA) is 162 Å². The minimum atomic E-state index is -4.04. The van der Waals surface area contributed by atoms with Gasteiger partial charge in [-0.05, 0) is 23.6 Å². The van der Waals surface area contributed by atoms with Crippen LogP contribution in [-0.4, -0.2) is 54.2 Å². The number of aliphatic hydroxyl groups excluding tert-OH is 1. The van der Waals surface area contributed by atoms with Crippen LogP contribution in [0.15, 0.2) is 57.8 Å². The maximum absolute atomic E-state index is 13.4. The van der Waals surface area contributed by atoms with E-state index in [4.69, 9.17) is 20.6 Å². The number of rotatable bonds is 10. The van der Waals surface area contributed by atoms with Gasteiger partial charge in [0.25, 0.3) is 6.01 Å². The van der Waals surface area contributed by atoms with E-state index in [0.29, 0.717) is 5.52 Å². The Bertz CT molecular complexity index is 1200. The first kappa shape index (κ1) is 24.5. The van der Waals surface area contributed by atoms with Gasteiger partial charge in [-0.15, -0.1) is 0 Å². The van der Waals surface area contributed by atoms with Crippen LogP contribution in [0.25, 0.3) is 11.1 Å². The second-order valence-corrected chi connectivity index (χ2v) is 10.1. The van der Waals surface area contributed by atoms with E-state index >= 15 is 0 Å². The van der Waals surface area contributed by atoms with Crippen molar-refractivity contribution in [2.45, 2.75) is 37.4 Å². The number of sulfonamides is 1. The monoisotopic (exact) mass is 476 g/mol. The predicted molar refractivity (Wildman–Crippen MR) is 123 cm³/mol. The van der Waals surface area contributed by atoms with Gasteiger partial charge in [0, 0.05) is 25.6 Å². The molecule has 0 spiro atoms. The first-order valence-electron chi connectivity index (χ1n) is 10.4. The molecule has 178 valence electrons. The SMILES string of the molecule is CC(C)CN(C[C@@H](O)[C@H](Cc1ccccc1)OC(N)=O)S(=O)(=O)c1ccc2nc(N)oc2c1. The fraction of sp³-hybridized carbons (Fsp3) is 0.364. The van der Waals surface area contributed by atoms with Crippen molar-refractivity contribution in [2.24, 2.45) is 11.7 Å². The van der Waals surface area contributed by atoms with Gasteiger partial charge in [-0.2, -0.15) is 9.29 Å². The van der Waals surface area contributed by atoms with Crippen LogP contribution in [0.5, 0.6) is 0 Å². The number of carbonyl (C=O) groups is 1. The van der Waals surface area contributed by atoms with E-state index in [-0.39, 0.29) is 41.9 Å². The summed E-state index contributed by atoms with van der Waals surface area (Å²) < 4.78 is 38.4. The van der Waals surface area contributed by atoms with Crippen molar-refractivity contribution in [3.05, 3.63) is 54.1 Å². The number of aromatic nitrogens is 1. The van der Waals surface area contributed by atoms with E-state index in [1.165, 1.54) is 18.2 Å². The Kier molecular flexibility index (Phi) is 7.57. The highest BCUT2D eigenvalue weighted by Crippen LogP contribution is 2.25. The average molecular weight is 477 g/mol. The zero-order chi connectivity index (χ0) is 24.2. The van der Waals surface area contributed by atoms with E-state index in [9.17, 15) is 18.3 Å². The lowest BCUT2D eigenvalue weighted by Crippen LogP contribution is -2.46. The van der Waals surface area contributed by atoms with E-state index < -0.39 is 28.3 Å². The molecule has 1 aromatic heterocycles. The summed E-state index contributed by atoms with van der Waals surface area (Å²) in [5.41, 5.74) is 12.2. The van der Waals surface area contributed by atoms with Crippen molar-refractivity contribution in [2.75, 3.05) is 18.8 Å². The number of carbonyl (C=O) groups excluding carboxylic acids is 1. The van der Waals surface area contributed by atoms with Crippen LogP contribution < -0.4 is 11.5 Å². The number of hydrogen-bond acceptors (Lipinski definition) is 8. The molecule has 0 saturated carbocycles. The van der Waals surface area contributed by atoms with Gasteiger partial charge >= 0.3 is 6.09 Å². The lowest BCUT2D eigenvalue weighted by molar-refractivity contribution is -0.00189. The van der Waals surface area contributed by atoms with Crippen LogP contribution >= 0.6 is 0 Å². The summed E-state index contributed by atoms with van der Waals surface area (Å²) in [6.07, 6.45) is -3.24. The van der Waals surface area contributed by atoms with Crippen molar-refractivity contribution in [3.8, 4) is 0 Å². The van der Waals surface area contributed by atoms with E-state index in [2.05, 4.69) is 4.98 Å². The zero-order valence-electron chi connectivity index (χ0n) is 18.4. The van der Waals surface area contributed by atoms with Gasteiger partial charge in [0.2, 0.25) is 10.0 Å². The van der Waals surface area contributed by atoms with Gasteiger partial charge in [0.05, 0.1) is 4.90 Å². The molecule has 0 bridgehead atoms. The molecule has 2 aromatic carbocycles. The fourth-order valence-electron chi connectivity index (χ4n) is 3.49. The highest BCUT2D eigenvalue weighted by molar-refractivity contribution is 7.89. The number of nitrogen functional groups attached to an aromatic ring is 1. The van der Waals surface area contributed by atoms with Gasteiger partial charge < -0.3 is 25.7 Å². The summed E-state index contributed by atoms with van der Waals surface area (Å²) in [5, 5.41) is 10.9. The molecule has 2 atom stereocenters. The second-order valence-electron chi connectivity index (χ2n) is 8.13. The maximum Gasteiger partial charge on any atom is 0.404 e. The number of hydrogen-bond donors (Lipinski definition) is 3. The Morgan fingerprint density at radius 1 is 1.18 bits per heavy atom. The quantitative estimate of drug-likeness (QED) is 0.401. The standard InChI is InChI=1S/C22H28N4O6S/c1-14(2)12-26(33(29,30)16-8-9-17-19(11-16)31-21(23)25-17)13-18(27)20(32-22(24)28)10-15-6-4-3-5-7-15/h3-9,11,14,18,20,27H,10,12-13H2,1-2H3,(H2,23,25)(H2,24,28)/t18-,20+/m1/s1. The molecule has 5 N–H and O–H groups in total. The van der Waals surface area contributed by atoms with Gasteiger partial charge in [0.15, 0.2) is 5.58 Å². The number of primary amides is 1. The van der Waals surface area contributed by atoms with Crippen molar-refractivity contribution < 1.29 is 27.5 Å². The van der Waals surface area contributed by atoms with E-state index in [1.54, 1.807) is 0 Å². The molecule has 33 heavy (non-hydrogen) atoms. The third kappa shape index (κ3) is 6.21. The first-order chi connectivity index (χ1) is 15.6. The van der Waals surface area contributed by atoms with Crippen LogP contribution in [0, 0.1) is 5.92 Å². The van der Waals surface area contributed by atoms with Crippen molar-refractivity contribution in [3.63, 3.8) is 0 Å². The van der Waals surface area contributed by atoms with Gasteiger partial charge in [-0.25, -0.2) is 13.2 Å². The molecule has 1 amide bonds. The molecule has 10 nitrogen and oxygen atoms in total. The number of oxazole rings is 1. The molecular formula is C22H28N4O6S. The minimum Gasteiger partial charge on any atom is -0.443 e. The Labute approximate surface area is 192 Å². The Balaban J connectivity index is 1.88. The highest BCUT2D eigenvalue weighted by atomic mass is 32.2. The van der Waals surface area contributed by atoms with Crippen LogP contribution in [0.4, 0.5) is 10.8 Å². The molecule has 0 aliphatic rings. The summed E-state index contributed by atoms with van der Waals surface area (Å²) in [4.78, 5) is 15.4. The lowest BCUT2D eigenvalue weighted by atomic mass is 10.0. The normalized spacial score (nSPS) is 14.0. The number of aliphatic hydroxyl groups is 1. The van der Waals surface area contributed by atoms with Crippen LogP contribution in [0.3, 0.4) is 0 Å². The van der Waals surface area contributed by atoms with Crippen molar-refractivity contribution in [1.82, 2.24) is 9.29 Å². The summed E-state index contributed by atoms with van der Waals surface area (Å²) >= 11 is 0. The molecule has 11 heteroatoms. The van der Waals surface area contributed by atoms with Crippen LogP contribution in [-0.2, 0) is 21.2 Å². The Morgan fingerprint density at radius 3 is 2.52 bits per heavy atom. The molecule has 0 aliphatic heterocycles. The van der Waals surface area contributed by atoms with Gasteiger partial charge in [-0.3, -0.25) is 0 Å². The Hall–Kier alpha value is -3.15. The van der Waals surface area contributed by atoms with Crippen LogP contribution in [0.1, 0.15) is 19.4 Å². The molecule has 0 unspecified atom stereocenters. The summed E-state index contributed by atoms with van der Waals surface area (Å²) in [7, 11) is -4.04. The molecule has 1 heterocycles. The first-order valence-corrected chi connectivity index (χ1v) is 11.8. The second kappa shape index (κ2) is 10.2. The number of nitrogens with two attached hydrogens (primary N) is 2. The molecular weight excluding hydrogens is 448 g/mol. The number of benzene rings is 2. The number of amides is 1. The third-order valence-corrected chi connectivity index (χ3v) is 6.78. The van der Waals surface area contributed by atoms with Gasteiger partial charge in [-0.1, -0.05) is 44.2 Å². The smallest absolute Gasteiger partial charge is 0.404 e. The molecule has 0 radical (unpaired) electrons. The molecule has 0 aliphatic carbocycles. The van der Waals surface area contributed by atoms with E-state index in [0.717, 1.165) is 9.87 Å². The summed E-state index contributed by atoms with van der Waals surface area (Å²) in [5.74, 6) is -0.0405. The molecule has 3 aromatic rings. The number of anilines is 1. The number of ether oxygens (including phenoxy) is 1. The lowest BCUT2D eigenvalue weighted by Gasteiger charge is -2.29. The molecule has 3 rings (SSSR count). The summed E-state index contributed by atoms with van der Waals surface area (Å²) in [6.45, 7) is 3.54. The largest absolute Gasteiger partial charge is 0.443 e. The summed E-state index contributed by atoms with van der Waals surface area (Å²) in [6, 6.07) is 13.3. The maximum atomic E-state index is 13.4. The van der Waals surface area contributed by atoms with Crippen molar-refractivity contribution in [1.29, 1.82) is 0 Å². The van der Waals surface area contributed by atoms with Gasteiger partial charge in [0.1, 0.15) is 17.7 Å².